The Bertz CT molecular complexity index is 283. The van der Waals surface area contributed by atoms with E-state index in [9.17, 15) is 0 Å². The van der Waals surface area contributed by atoms with Crippen LogP contribution in [0.25, 0.3) is 0 Å². The van der Waals surface area contributed by atoms with Crippen LogP contribution in [0.4, 0.5) is 0 Å². The number of hydrogen-bond acceptors (Lipinski definition) is 3. The second-order valence-corrected chi connectivity index (χ2v) is 4.85. The average molecular weight is 221 g/mol. The van der Waals surface area contributed by atoms with E-state index in [0.717, 1.165) is 10.1 Å². The minimum atomic E-state index is 0.611. The van der Waals surface area contributed by atoms with Crippen LogP contribution in [-0.4, -0.2) is 12.2 Å². The number of amidine groups is 1. The number of rotatable bonds is 2. The minimum Gasteiger partial charge on any atom is -0.379 e. The lowest BCUT2D eigenvalue weighted by molar-refractivity contribution is 1.43. The van der Waals surface area contributed by atoms with Crippen LogP contribution in [0.1, 0.15) is 4.88 Å². The summed E-state index contributed by atoms with van der Waals surface area (Å²) in [4.78, 5) is 5.06. The Morgan fingerprint density at radius 1 is 1.75 bits per heavy atom. The Balaban J connectivity index is 2.43. The summed E-state index contributed by atoms with van der Waals surface area (Å²) in [5.74, 6) is 0.848. The molecule has 1 aromatic heterocycles. The monoisotopic (exact) mass is 220 g/mol. The molecule has 0 amide bonds. The van der Waals surface area contributed by atoms with E-state index in [1.165, 1.54) is 16.6 Å². The van der Waals surface area contributed by atoms with Gasteiger partial charge in [0.05, 0.1) is 4.34 Å². The summed E-state index contributed by atoms with van der Waals surface area (Å²) in [6.45, 7) is 0. The van der Waals surface area contributed by atoms with E-state index < -0.39 is 0 Å². The molecule has 0 saturated heterocycles. The molecule has 0 aromatic carbocycles. The van der Waals surface area contributed by atoms with Crippen molar-refractivity contribution in [1.82, 2.24) is 0 Å². The third-order valence-corrected chi connectivity index (χ3v) is 3.56. The van der Waals surface area contributed by atoms with E-state index in [1.54, 1.807) is 18.4 Å². The molecular weight excluding hydrogens is 212 g/mol. The van der Waals surface area contributed by atoms with Crippen LogP contribution in [0.3, 0.4) is 0 Å². The van der Waals surface area contributed by atoms with Crippen LogP contribution < -0.4 is 5.73 Å². The van der Waals surface area contributed by atoms with Crippen molar-refractivity contribution < 1.29 is 0 Å². The van der Waals surface area contributed by atoms with Gasteiger partial charge in [0.2, 0.25) is 0 Å². The maximum atomic E-state index is 5.76. The molecule has 66 valence electrons. The van der Waals surface area contributed by atoms with Gasteiger partial charge in [-0.25, -0.2) is 0 Å². The topological polar surface area (TPSA) is 38.4 Å². The molecule has 12 heavy (non-hydrogen) atoms. The zero-order valence-electron chi connectivity index (χ0n) is 6.58. The summed E-state index contributed by atoms with van der Waals surface area (Å²) in [6.07, 6.45) is 0. The highest BCUT2D eigenvalue weighted by atomic mass is 35.5. The van der Waals surface area contributed by atoms with E-state index in [2.05, 4.69) is 4.99 Å². The molecule has 1 rings (SSSR count). The van der Waals surface area contributed by atoms with Crippen LogP contribution in [0.15, 0.2) is 17.1 Å². The first-order chi connectivity index (χ1) is 5.72. The number of nitrogens with two attached hydrogens (primary N) is 1. The fourth-order valence-electron chi connectivity index (χ4n) is 0.639. The van der Waals surface area contributed by atoms with E-state index in [4.69, 9.17) is 17.3 Å². The van der Waals surface area contributed by atoms with Crippen molar-refractivity contribution in [2.45, 2.75) is 5.75 Å². The normalized spacial score (nSPS) is 12.0. The molecule has 0 bridgehead atoms. The molecule has 0 atom stereocenters. The van der Waals surface area contributed by atoms with E-state index in [1.807, 2.05) is 12.1 Å². The van der Waals surface area contributed by atoms with Gasteiger partial charge in [0.15, 0.2) is 5.17 Å². The lowest BCUT2D eigenvalue weighted by Gasteiger charge is -1.95. The van der Waals surface area contributed by atoms with Gasteiger partial charge in [0, 0.05) is 17.7 Å². The van der Waals surface area contributed by atoms with Gasteiger partial charge >= 0.3 is 0 Å². The van der Waals surface area contributed by atoms with Crippen molar-refractivity contribution in [3.63, 3.8) is 0 Å². The van der Waals surface area contributed by atoms with Crippen molar-refractivity contribution in [2.24, 2.45) is 10.7 Å². The van der Waals surface area contributed by atoms with Crippen molar-refractivity contribution in [2.75, 3.05) is 7.05 Å². The summed E-state index contributed by atoms with van der Waals surface area (Å²) in [5.41, 5.74) is 5.51. The minimum absolute atomic E-state index is 0.611. The Hall–Kier alpha value is -0.190. The van der Waals surface area contributed by atoms with Crippen molar-refractivity contribution in [1.29, 1.82) is 0 Å². The SMILES string of the molecule is CN=C(N)SCc1ccc(Cl)s1. The maximum absolute atomic E-state index is 5.76. The maximum Gasteiger partial charge on any atom is 0.153 e. The highest BCUT2D eigenvalue weighted by Crippen LogP contribution is 2.24. The van der Waals surface area contributed by atoms with Gasteiger partial charge in [0.1, 0.15) is 0 Å². The molecule has 0 aliphatic rings. The largest absolute Gasteiger partial charge is 0.379 e. The standard InChI is InChI=1S/C7H9ClN2S2/c1-10-7(9)11-4-5-2-3-6(8)12-5/h2-3H,4H2,1H3,(H2,9,10). The third kappa shape index (κ3) is 3.05. The molecule has 5 heteroatoms. The molecule has 0 unspecified atom stereocenters. The summed E-state index contributed by atoms with van der Waals surface area (Å²) in [6, 6.07) is 3.89. The predicted molar refractivity (Wildman–Crippen MR) is 58.2 cm³/mol. The van der Waals surface area contributed by atoms with E-state index in [-0.39, 0.29) is 0 Å². The van der Waals surface area contributed by atoms with Gasteiger partial charge in [-0.3, -0.25) is 4.99 Å². The summed E-state index contributed by atoms with van der Waals surface area (Å²) in [5, 5.41) is 0.611. The molecule has 2 N–H and O–H groups in total. The lowest BCUT2D eigenvalue weighted by Crippen LogP contribution is -2.05. The third-order valence-electron chi connectivity index (χ3n) is 1.21. The summed E-state index contributed by atoms with van der Waals surface area (Å²) in [7, 11) is 1.68. The van der Waals surface area contributed by atoms with Crippen LogP contribution >= 0.6 is 34.7 Å². The molecule has 0 radical (unpaired) electrons. The Kier molecular flexibility index (Phi) is 3.91. The van der Waals surface area contributed by atoms with Crippen LogP contribution in [0.2, 0.25) is 4.34 Å². The van der Waals surface area contributed by atoms with E-state index >= 15 is 0 Å². The molecule has 2 nitrogen and oxygen atoms in total. The fourth-order valence-corrected chi connectivity index (χ4v) is 2.45. The second kappa shape index (κ2) is 4.74. The number of nitrogens with zero attached hydrogens (tertiary/aromatic N) is 1. The molecule has 0 fully saturated rings. The lowest BCUT2D eigenvalue weighted by atomic mass is 10.5. The van der Waals surface area contributed by atoms with Gasteiger partial charge < -0.3 is 5.73 Å². The highest BCUT2D eigenvalue weighted by molar-refractivity contribution is 8.13. The van der Waals surface area contributed by atoms with Crippen LogP contribution in [0.5, 0.6) is 0 Å². The van der Waals surface area contributed by atoms with E-state index in [0.29, 0.717) is 5.17 Å². The summed E-state index contributed by atoms with van der Waals surface area (Å²) >= 11 is 8.85. The van der Waals surface area contributed by atoms with Gasteiger partial charge in [-0.2, -0.15) is 0 Å². The van der Waals surface area contributed by atoms with Crippen molar-refractivity contribution in [3.8, 4) is 0 Å². The van der Waals surface area contributed by atoms with Gasteiger partial charge in [0.25, 0.3) is 0 Å². The number of hydrogen-bond donors (Lipinski definition) is 1. The number of thioether (sulfide) groups is 1. The smallest absolute Gasteiger partial charge is 0.153 e. The highest BCUT2D eigenvalue weighted by Gasteiger charge is 1.99. The molecule has 1 heterocycles. The zero-order chi connectivity index (χ0) is 8.97. The van der Waals surface area contributed by atoms with Gasteiger partial charge in [-0.15, -0.1) is 11.3 Å². The summed E-state index contributed by atoms with van der Waals surface area (Å²) < 4.78 is 0.817. The molecule has 0 aliphatic carbocycles. The molecule has 0 aliphatic heterocycles. The Morgan fingerprint density at radius 3 is 3.00 bits per heavy atom. The number of thiophene rings is 1. The Labute approximate surface area is 84.8 Å². The quantitative estimate of drug-likeness (QED) is 0.615. The number of aliphatic imine (C=N–C) groups is 1. The second-order valence-electron chi connectivity index (χ2n) is 2.06. The van der Waals surface area contributed by atoms with Crippen LogP contribution in [0, 0.1) is 0 Å². The first kappa shape index (κ1) is 9.89. The first-order valence-electron chi connectivity index (χ1n) is 3.31. The Morgan fingerprint density at radius 2 is 2.50 bits per heavy atom. The average Bonchev–Trinajstić information content (AvgIpc) is 2.47. The number of halogens is 1. The molecule has 0 spiro atoms. The zero-order valence-corrected chi connectivity index (χ0v) is 8.97. The van der Waals surface area contributed by atoms with Gasteiger partial charge in [-0.1, -0.05) is 23.4 Å². The molecule has 1 aromatic rings. The molecule has 0 saturated carbocycles. The van der Waals surface area contributed by atoms with Crippen molar-refractivity contribution in [3.05, 3.63) is 21.3 Å². The first-order valence-corrected chi connectivity index (χ1v) is 5.49. The van der Waals surface area contributed by atoms with Gasteiger partial charge in [-0.05, 0) is 12.1 Å². The predicted octanol–water partition coefficient (Wildman–Crippen LogP) is 2.58. The van der Waals surface area contributed by atoms with Crippen molar-refractivity contribution >= 4 is 39.9 Å². The van der Waals surface area contributed by atoms with Crippen LogP contribution in [-0.2, 0) is 5.75 Å². The fraction of sp³-hybridized carbons (Fsp3) is 0.286. The molecular formula is C7H9ClN2S2.